The number of carboxylic acids is 1. The molecule has 1 amide bonds. The summed E-state index contributed by atoms with van der Waals surface area (Å²) in [7, 11) is 0. The maximum absolute atomic E-state index is 12.2. The van der Waals surface area contributed by atoms with E-state index in [-0.39, 0.29) is 22.9 Å². The average Bonchev–Trinajstić information content (AvgIpc) is 2.82. The minimum Gasteiger partial charge on any atom is -0.494 e. The van der Waals surface area contributed by atoms with E-state index in [4.69, 9.17) is 21.4 Å². The normalized spacial score (nSPS) is 10.6. The zero-order chi connectivity index (χ0) is 23.5. The highest BCUT2D eigenvalue weighted by molar-refractivity contribution is 6.33. The molecule has 7 heteroatoms. The number of pyridine rings is 1. The van der Waals surface area contributed by atoms with E-state index in [9.17, 15) is 9.59 Å². The molecule has 0 unspecified atom stereocenters. The van der Waals surface area contributed by atoms with Gasteiger partial charge in [-0.25, -0.2) is 4.79 Å². The Morgan fingerprint density at radius 3 is 2.36 bits per heavy atom. The Balaban J connectivity index is 1.34. The molecule has 0 spiro atoms. The monoisotopic (exact) mass is 466 g/mol. The molecule has 0 aliphatic rings. The highest BCUT2D eigenvalue weighted by Crippen LogP contribution is 2.21. The summed E-state index contributed by atoms with van der Waals surface area (Å²) in [5.41, 5.74) is 2.70. The number of aromatic carboxylic acids is 1. The average molecular weight is 467 g/mol. The molecule has 3 rings (SSSR count). The lowest BCUT2D eigenvalue weighted by molar-refractivity contribution is -0.116. The van der Waals surface area contributed by atoms with Crippen LogP contribution < -0.4 is 10.1 Å². The van der Waals surface area contributed by atoms with Crippen LogP contribution in [0.15, 0.2) is 67.0 Å². The summed E-state index contributed by atoms with van der Waals surface area (Å²) in [6.45, 7) is 0.678. The first-order valence-electron chi connectivity index (χ1n) is 10.9. The molecule has 1 heterocycles. The van der Waals surface area contributed by atoms with Gasteiger partial charge >= 0.3 is 5.97 Å². The molecule has 0 fully saturated rings. The third kappa shape index (κ3) is 8.24. The van der Waals surface area contributed by atoms with Crippen LogP contribution in [-0.4, -0.2) is 28.6 Å². The highest BCUT2D eigenvalue weighted by atomic mass is 35.5. The number of halogens is 1. The van der Waals surface area contributed by atoms with Crippen molar-refractivity contribution in [2.24, 2.45) is 0 Å². The molecule has 2 N–H and O–H groups in total. The molecule has 0 saturated heterocycles. The van der Waals surface area contributed by atoms with Gasteiger partial charge in [-0.15, -0.1) is 0 Å². The fourth-order valence-corrected chi connectivity index (χ4v) is 3.55. The predicted molar refractivity (Wildman–Crippen MR) is 129 cm³/mol. The molecule has 0 saturated carbocycles. The molecule has 0 bridgehead atoms. The Morgan fingerprint density at radius 1 is 0.909 bits per heavy atom. The highest BCUT2D eigenvalue weighted by Gasteiger charge is 2.11. The minimum atomic E-state index is -1.14. The number of aromatic nitrogens is 1. The van der Waals surface area contributed by atoms with E-state index in [2.05, 4.69) is 22.4 Å². The molecule has 3 aromatic rings. The van der Waals surface area contributed by atoms with E-state index < -0.39 is 5.97 Å². The van der Waals surface area contributed by atoms with Gasteiger partial charge in [0.1, 0.15) is 5.75 Å². The zero-order valence-electron chi connectivity index (χ0n) is 18.3. The van der Waals surface area contributed by atoms with Gasteiger partial charge in [-0.3, -0.25) is 9.78 Å². The Bertz CT molecular complexity index is 1060. The summed E-state index contributed by atoms with van der Waals surface area (Å²) < 4.78 is 5.81. The first kappa shape index (κ1) is 24.3. The minimum absolute atomic E-state index is 0.0428. The number of nitrogens with zero attached hydrogens (tertiary/aromatic N) is 1. The molecule has 1 aromatic heterocycles. The molecular weight excluding hydrogens is 440 g/mol. The van der Waals surface area contributed by atoms with Crippen LogP contribution in [-0.2, 0) is 17.6 Å². The molecule has 6 nitrogen and oxygen atoms in total. The van der Waals surface area contributed by atoms with E-state index in [1.807, 2.05) is 36.7 Å². The summed E-state index contributed by atoms with van der Waals surface area (Å²) in [6.07, 6.45) is 8.79. The molecule has 0 radical (unpaired) electrons. The van der Waals surface area contributed by atoms with Crippen molar-refractivity contribution in [3.8, 4) is 5.75 Å². The van der Waals surface area contributed by atoms with Crippen LogP contribution in [0.3, 0.4) is 0 Å². The van der Waals surface area contributed by atoms with Gasteiger partial charge in [0.15, 0.2) is 0 Å². The van der Waals surface area contributed by atoms with Crippen molar-refractivity contribution in [2.45, 2.75) is 38.5 Å². The molecule has 33 heavy (non-hydrogen) atoms. The third-order valence-corrected chi connectivity index (χ3v) is 5.50. The van der Waals surface area contributed by atoms with Gasteiger partial charge in [-0.05, 0) is 85.7 Å². The lowest BCUT2D eigenvalue weighted by Crippen LogP contribution is -2.13. The van der Waals surface area contributed by atoms with Gasteiger partial charge in [0, 0.05) is 24.5 Å². The van der Waals surface area contributed by atoms with Crippen molar-refractivity contribution >= 4 is 29.2 Å². The lowest BCUT2D eigenvalue weighted by atomic mass is 10.1. The number of ether oxygens (including phenoxy) is 1. The van der Waals surface area contributed by atoms with Gasteiger partial charge < -0.3 is 15.2 Å². The summed E-state index contributed by atoms with van der Waals surface area (Å²) in [4.78, 5) is 27.4. The number of benzene rings is 2. The van der Waals surface area contributed by atoms with Gasteiger partial charge in [0.05, 0.1) is 17.2 Å². The molecule has 0 atom stereocenters. The number of amides is 1. The smallest absolute Gasteiger partial charge is 0.337 e. The van der Waals surface area contributed by atoms with Crippen molar-refractivity contribution in [2.75, 3.05) is 11.9 Å². The number of carbonyl (C=O) groups excluding carboxylic acids is 1. The number of carboxylic acid groups (broad SMARTS) is 1. The van der Waals surface area contributed by atoms with Crippen molar-refractivity contribution in [3.05, 3.63) is 88.7 Å². The van der Waals surface area contributed by atoms with E-state index in [1.165, 1.54) is 17.7 Å². The largest absolute Gasteiger partial charge is 0.494 e. The number of aryl methyl sites for hydroxylation is 2. The molecule has 0 aliphatic heterocycles. The van der Waals surface area contributed by atoms with Crippen LogP contribution in [0.25, 0.3) is 0 Å². The number of hydrogen-bond donors (Lipinski definition) is 2. The summed E-state index contributed by atoms with van der Waals surface area (Å²) in [5.74, 6) is -0.510. The SMILES string of the molecule is O=C(CCc1ccc(OCCCCCc2ccncc2)cc1)Nc1ccc(Cl)c(C(=O)O)c1. The first-order chi connectivity index (χ1) is 16.0. The maximum atomic E-state index is 12.2. The van der Waals surface area contributed by atoms with Gasteiger partial charge in [0.2, 0.25) is 5.91 Å². The standard InChI is InChI=1S/C26H27ClN2O4/c27-24-11-8-21(18-23(24)26(31)32)29-25(30)12-7-20-5-9-22(10-6-20)33-17-3-1-2-4-19-13-15-28-16-14-19/h5-6,8-11,13-16,18H,1-4,7,12,17H2,(H,29,30)(H,31,32). The van der Waals surface area contributed by atoms with Crippen molar-refractivity contribution in [1.82, 2.24) is 4.98 Å². The third-order valence-electron chi connectivity index (χ3n) is 5.17. The Morgan fingerprint density at radius 2 is 1.64 bits per heavy atom. The second kappa shape index (κ2) is 12.6. The Labute approximate surface area is 198 Å². The van der Waals surface area contributed by atoms with Crippen LogP contribution >= 0.6 is 11.6 Å². The second-order valence-electron chi connectivity index (χ2n) is 7.71. The fourth-order valence-electron chi connectivity index (χ4n) is 3.35. The van der Waals surface area contributed by atoms with Crippen LogP contribution in [0.5, 0.6) is 5.75 Å². The number of carbonyl (C=O) groups is 2. The maximum Gasteiger partial charge on any atom is 0.337 e. The van der Waals surface area contributed by atoms with E-state index in [0.717, 1.165) is 37.0 Å². The van der Waals surface area contributed by atoms with Gasteiger partial charge in [-0.2, -0.15) is 0 Å². The van der Waals surface area contributed by atoms with E-state index >= 15 is 0 Å². The topological polar surface area (TPSA) is 88.5 Å². The van der Waals surface area contributed by atoms with Crippen LogP contribution in [0, 0.1) is 0 Å². The van der Waals surface area contributed by atoms with Crippen LogP contribution in [0.4, 0.5) is 5.69 Å². The zero-order valence-corrected chi connectivity index (χ0v) is 19.1. The molecular formula is C26H27ClN2O4. The summed E-state index contributed by atoms with van der Waals surface area (Å²) >= 11 is 5.85. The van der Waals surface area contributed by atoms with E-state index in [0.29, 0.717) is 18.7 Å². The Kier molecular flexibility index (Phi) is 9.27. The molecule has 2 aromatic carbocycles. The molecule has 0 aliphatic carbocycles. The van der Waals surface area contributed by atoms with Crippen LogP contribution in [0.1, 0.15) is 47.2 Å². The van der Waals surface area contributed by atoms with Gasteiger partial charge in [-0.1, -0.05) is 23.7 Å². The summed E-state index contributed by atoms with van der Waals surface area (Å²) in [5, 5.41) is 12.0. The van der Waals surface area contributed by atoms with Crippen molar-refractivity contribution in [1.29, 1.82) is 0 Å². The molecule has 172 valence electrons. The fraction of sp³-hybridized carbons (Fsp3) is 0.269. The summed E-state index contributed by atoms with van der Waals surface area (Å²) in [6, 6.07) is 16.2. The van der Waals surface area contributed by atoms with Crippen molar-refractivity contribution < 1.29 is 19.4 Å². The predicted octanol–water partition coefficient (Wildman–Crippen LogP) is 5.80. The second-order valence-corrected chi connectivity index (χ2v) is 8.11. The number of hydrogen-bond acceptors (Lipinski definition) is 4. The van der Waals surface area contributed by atoms with Crippen LogP contribution in [0.2, 0.25) is 5.02 Å². The number of rotatable bonds is 12. The quantitative estimate of drug-likeness (QED) is 0.329. The number of nitrogens with one attached hydrogen (secondary N) is 1. The Hall–Kier alpha value is -3.38. The number of unbranched alkanes of at least 4 members (excludes halogenated alkanes) is 2. The lowest BCUT2D eigenvalue weighted by Gasteiger charge is -2.09. The number of anilines is 1. The van der Waals surface area contributed by atoms with Crippen molar-refractivity contribution in [3.63, 3.8) is 0 Å². The van der Waals surface area contributed by atoms with E-state index in [1.54, 1.807) is 6.07 Å². The first-order valence-corrected chi connectivity index (χ1v) is 11.3. The van der Waals surface area contributed by atoms with Gasteiger partial charge in [0.25, 0.3) is 0 Å².